The van der Waals surface area contributed by atoms with Crippen molar-refractivity contribution in [3.63, 3.8) is 0 Å². The monoisotopic (exact) mass is 300 g/mol. The maximum absolute atomic E-state index is 14.2. The van der Waals surface area contributed by atoms with E-state index in [4.69, 9.17) is 5.11 Å². The van der Waals surface area contributed by atoms with Crippen LogP contribution in [0.15, 0.2) is 24.3 Å². The van der Waals surface area contributed by atoms with Crippen LogP contribution in [0.25, 0.3) is 11.1 Å². The first-order chi connectivity index (χ1) is 10.3. The number of carboxylic acid groups (broad SMARTS) is 1. The largest absolute Gasteiger partial charge is 0.481 e. The molecular weight excluding hydrogens is 279 g/mol. The standard InChI is InChI=1S/C19H21FO2/c1-11-7-12(2)18(13(3)8-11)16-9-14(4)19(20)15(10-16)5-6-17(21)22/h7-10H,5-6H2,1-4H3,(H,21,22). The summed E-state index contributed by atoms with van der Waals surface area (Å²) in [5.74, 6) is -1.21. The molecule has 22 heavy (non-hydrogen) atoms. The molecule has 0 atom stereocenters. The average molecular weight is 300 g/mol. The third kappa shape index (κ3) is 3.35. The molecule has 0 heterocycles. The van der Waals surface area contributed by atoms with Gasteiger partial charge < -0.3 is 5.11 Å². The number of aliphatic carboxylic acids is 1. The number of rotatable bonds is 4. The van der Waals surface area contributed by atoms with Crippen LogP contribution in [0.2, 0.25) is 0 Å². The Morgan fingerprint density at radius 1 is 1.00 bits per heavy atom. The Hall–Kier alpha value is -2.16. The Bertz CT molecular complexity index is 709. The van der Waals surface area contributed by atoms with Crippen LogP contribution in [0, 0.1) is 33.5 Å². The van der Waals surface area contributed by atoms with E-state index in [-0.39, 0.29) is 18.7 Å². The molecule has 2 aromatic carbocycles. The summed E-state index contributed by atoms with van der Waals surface area (Å²) in [5, 5.41) is 8.82. The van der Waals surface area contributed by atoms with Gasteiger partial charge in [-0.3, -0.25) is 4.79 Å². The summed E-state index contributed by atoms with van der Waals surface area (Å²) < 4.78 is 14.2. The van der Waals surface area contributed by atoms with Gasteiger partial charge in [0.15, 0.2) is 0 Å². The van der Waals surface area contributed by atoms with Crippen molar-refractivity contribution in [3.8, 4) is 11.1 Å². The van der Waals surface area contributed by atoms with Gasteiger partial charge in [-0.15, -0.1) is 0 Å². The molecule has 0 aliphatic rings. The third-order valence-electron chi connectivity index (χ3n) is 3.90. The first kappa shape index (κ1) is 16.2. The lowest BCUT2D eigenvalue weighted by Gasteiger charge is -2.15. The second-order valence-corrected chi connectivity index (χ2v) is 5.93. The fourth-order valence-electron chi connectivity index (χ4n) is 3.05. The highest BCUT2D eigenvalue weighted by molar-refractivity contribution is 5.73. The zero-order valence-electron chi connectivity index (χ0n) is 13.5. The van der Waals surface area contributed by atoms with E-state index < -0.39 is 5.97 Å². The van der Waals surface area contributed by atoms with Crippen molar-refractivity contribution in [3.05, 3.63) is 57.9 Å². The van der Waals surface area contributed by atoms with Crippen molar-refractivity contribution in [2.45, 2.75) is 40.5 Å². The van der Waals surface area contributed by atoms with Crippen LogP contribution in [-0.2, 0) is 11.2 Å². The smallest absolute Gasteiger partial charge is 0.303 e. The van der Waals surface area contributed by atoms with Crippen molar-refractivity contribution < 1.29 is 14.3 Å². The van der Waals surface area contributed by atoms with E-state index in [1.807, 2.05) is 19.9 Å². The zero-order chi connectivity index (χ0) is 16.4. The van der Waals surface area contributed by atoms with E-state index in [1.54, 1.807) is 13.0 Å². The highest BCUT2D eigenvalue weighted by atomic mass is 19.1. The zero-order valence-corrected chi connectivity index (χ0v) is 13.5. The number of hydrogen-bond acceptors (Lipinski definition) is 1. The molecule has 0 radical (unpaired) electrons. The number of carbonyl (C=O) groups is 1. The maximum Gasteiger partial charge on any atom is 0.303 e. The van der Waals surface area contributed by atoms with Crippen LogP contribution in [-0.4, -0.2) is 11.1 Å². The van der Waals surface area contributed by atoms with E-state index in [1.165, 1.54) is 5.56 Å². The van der Waals surface area contributed by atoms with Crippen molar-refractivity contribution in [1.29, 1.82) is 0 Å². The Balaban J connectivity index is 2.55. The van der Waals surface area contributed by atoms with Crippen molar-refractivity contribution in [2.75, 3.05) is 0 Å². The Morgan fingerprint density at radius 2 is 1.59 bits per heavy atom. The molecular formula is C19H21FO2. The fourth-order valence-corrected chi connectivity index (χ4v) is 3.05. The van der Waals surface area contributed by atoms with Gasteiger partial charge in [-0.25, -0.2) is 4.39 Å². The van der Waals surface area contributed by atoms with Crippen LogP contribution < -0.4 is 0 Å². The van der Waals surface area contributed by atoms with Crippen molar-refractivity contribution in [2.24, 2.45) is 0 Å². The molecule has 0 saturated heterocycles. The molecule has 0 amide bonds. The lowest BCUT2D eigenvalue weighted by Crippen LogP contribution is -2.02. The van der Waals surface area contributed by atoms with Crippen LogP contribution >= 0.6 is 0 Å². The van der Waals surface area contributed by atoms with Gasteiger partial charge in [0.05, 0.1) is 0 Å². The minimum Gasteiger partial charge on any atom is -0.481 e. The van der Waals surface area contributed by atoms with Gasteiger partial charge in [-0.2, -0.15) is 0 Å². The molecule has 0 fully saturated rings. The summed E-state index contributed by atoms with van der Waals surface area (Å²) in [7, 11) is 0. The Labute approximate surface area is 130 Å². The number of halogens is 1. The average Bonchev–Trinajstić information content (AvgIpc) is 2.39. The van der Waals surface area contributed by atoms with Crippen LogP contribution in [0.4, 0.5) is 4.39 Å². The van der Waals surface area contributed by atoms with Gasteiger partial charge >= 0.3 is 5.97 Å². The molecule has 2 nitrogen and oxygen atoms in total. The van der Waals surface area contributed by atoms with Crippen LogP contribution in [0.3, 0.4) is 0 Å². The summed E-state index contributed by atoms with van der Waals surface area (Å²) in [5.41, 5.74) is 6.57. The van der Waals surface area contributed by atoms with E-state index in [9.17, 15) is 9.18 Å². The normalized spacial score (nSPS) is 10.8. The molecule has 2 rings (SSSR count). The van der Waals surface area contributed by atoms with E-state index in [0.29, 0.717) is 11.1 Å². The SMILES string of the molecule is Cc1cc(C)c(-c2cc(C)c(F)c(CCC(=O)O)c2)c(C)c1. The number of hydrogen-bond donors (Lipinski definition) is 1. The molecule has 0 aromatic heterocycles. The molecule has 0 spiro atoms. The second-order valence-electron chi connectivity index (χ2n) is 5.93. The van der Waals surface area contributed by atoms with Crippen molar-refractivity contribution in [1.82, 2.24) is 0 Å². The molecule has 0 unspecified atom stereocenters. The summed E-state index contributed by atoms with van der Waals surface area (Å²) in [6, 6.07) is 7.84. The van der Waals surface area contributed by atoms with Gasteiger partial charge in [0.2, 0.25) is 0 Å². The van der Waals surface area contributed by atoms with Gasteiger partial charge in [-0.1, -0.05) is 17.7 Å². The first-order valence-electron chi connectivity index (χ1n) is 7.38. The summed E-state index contributed by atoms with van der Waals surface area (Å²) in [4.78, 5) is 10.7. The van der Waals surface area contributed by atoms with Crippen LogP contribution in [0.5, 0.6) is 0 Å². The van der Waals surface area contributed by atoms with Crippen LogP contribution in [0.1, 0.15) is 34.2 Å². The predicted octanol–water partition coefficient (Wildman–Crippen LogP) is 4.74. The fraction of sp³-hybridized carbons (Fsp3) is 0.316. The van der Waals surface area contributed by atoms with E-state index in [2.05, 4.69) is 19.1 Å². The van der Waals surface area contributed by atoms with Gasteiger partial charge in [-0.05, 0) is 79.6 Å². The molecule has 116 valence electrons. The molecule has 0 saturated carbocycles. The topological polar surface area (TPSA) is 37.3 Å². The second kappa shape index (κ2) is 6.30. The molecule has 3 heteroatoms. The van der Waals surface area contributed by atoms with Gasteiger partial charge in [0.25, 0.3) is 0 Å². The highest BCUT2D eigenvalue weighted by Crippen LogP contribution is 2.31. The summed E-state index contributed by atoms with van der Waals surface area (Å²) >= 11 is 0. The first-order valence-corrected chi connectivity index (χ1v) is 7.38. The van der Waals surface area contributed by atoms with E-state index in [0.717, 1.165) is 22.3 Å². The summed E-state index contributed by atoms with van der Waals surface area (Å²) in [6.07, 6.45) is 0.144. The maximum atomic E-state index is 14.2. The minimum atomic E-state index is -0.912. The van der Waals surface area contributed by atoms with Crippen molar-refractivity contribution >= 4 is 5.97 Å². The number of aryl methyl sites for hydroxylation is 5. The lowest BCUT2D eigenvalue weighted by atomic mass is 9.91. The highest BCUT2D eigenvalue weighted by Gasteiger charge is 2.13. The molecule has 0 bridgehead atoms. The predicted molar refractivity (Wildman–Crippen MR) is 86.7 cm³/mol. The minimum absolute atomic E-state index is 0.0638. The summed E-state index contributed by atoms with van der Waals surface area (Å²) in [6.45, 7) is 7.87. The molecule has 0 aliphatic carbocycles. The molecule has 0 aliphatic heterocycles. The molecule has 2 aromatic rings. The molecule has 1 N–H and O–H groups in total. The quantitative estimate of drug-likeness (QED) is 0.885. The van der Waals surface area contributed by atoms with Gasteiger partial charge in [0, 0.05) is 6.42 Å². The third-order valence-corrected chi connectivity index (χ3v) is 3.90. The lowest BCUT2D eigenvalue weighted by molar-refractivity contribution is -0.136. The number of benzene rings is 2. The number of carboxylic acids is 1. The van der Waals surface area contributed by atoms with Gasteiger partial charge in [0.1, 0.15) is 5.82 Å². The Kier molecular flexibility index (Phi) is 4.65. The Morgan fingerprint density at radius 3 is 2.14 bits per heavy atom. The van der Waals surface area contributed by atoms with E-state index >= 15 is 0 Å².